The van der Waals surface area contributed by atoms with E-state index < -0.39 is 0 Å². The van der Waals surface area contributed by atoms with Gasteiger partial charge in [-0.05, 0) is 51.4 Å². The molecule has 2 aliphatic heterocycles. The van der Waals surface area contributed by atoms with Crippen molar-refractivity contribution >= 4 is 5.91 Å². The molecule has 4 heteroatoms. The molecule has 1 saturated carbocycles. The molecule has 1 aliphatic carbocycles. The van der Waals surface area contributed by atoms with Crippen LogP contribution in [0.2, 0.25) is 0 Å². The summed E-state index contributed by atoms with van der Waals surface area (Å²) in [5.74, 6) is 1.17. The van der Waals surface area contributed by atoms with E-state index in [0.717, 1.165) is 44.9 Å². The van der Waals surface area contributed by atoms with Gasteiger partial charge in [-0.25, -0.2) is 0 Å². The molecule has 0 aromatic carbocycles. The minimum atomic E-state index is 0.0768. The van der Waals surface area contributed by atoms with E-state index in [1.165, 1.54) is 32.1 Å². The number of carbonyl (C=O) groups is 1. The van der Waals surface area contributed by atoms with Crippen molar-refractivity contribution in [3.8, 4) is 0 Å². The monoisotopic (exact) mass is 294 g/mol. The minimum Gasteiger partial charge on any atom is -0.378 e. The number of hydrogen-bond donors (Lipinski definition) is 1. The number of carbonyl (C=O) groups excluding carboxylic acids is 1. The van der Waals surface area contributed by atoms with Gasteiger partial charge in [0.25, 0.3) is 0 Å². The lowest BCUT2D eigenvalue weighted by atomic mass is 9.77. The zero-order chi connectivity index (χ0) is 14.7. The van der Waals surface area contributed by atoms with E-state index in [0.29, 0.717) is 18.1 Å². The number of amides is 1. The van der Waals surface area contributed by atoms with Gasteiger partial charge in [0.15, 0.2) is 0 Å². The van der Waals surface area contributed by atoms with Crippen molar-refractivity contribution in [2.75, 3.05) is 19.7 Å². The van der Waals surface area contributed by atoms with Gasteiger partial charge in [-0.1, -0.05) is 12.8 Å². The molecule has 4 nitrogen and oxygen atoms in total. The zero-order valence-corrected chi connectivity index (χ0v) is 13.4. The maximum absolute atomic E-state index is 12.7. The molecule has 3 aliphatic rings. The number of fused-ring (bicyclic) bond motifs is 1. The van der Waals surface area contributed by atoms with Crippen LogP contribution in [0.15, 0.2) is 0 Å². The van der Waals surface area contributed by atoms with Crippen LogP contribution in [0.3, 0.4) is 0 Å². The average molecular weight is 294 g/mol. The van der Waals surface area contributed by atoms with Crippen molar-refractivity contribution in [3.63, 3.8) is 0 Å². The van der Waals surface area contributed by atoms with Gasteiger partial charge in [-0.3, -0.25) is 4.79 Å². The second kappa shape index (κ2) is 7.10. The van der Waals surface area contributed by atoms with Gasteiger partial charge in [0.2, 0.25) is 5.91 Å². The maximum Gasteiger partial charge on any atom is 0.239 e. The van der Waals surface area contributed by atoms with E-state index in [2.05, 4.69) is 10.2 Å². The molecule has 3 atom stereocenters. The van der Waals surface area contributed by atoms with Crippen molar-refractivity contribution < 1.29 is 9.53 Å². The van der Waals surface area contributed by atoms with Crippen LogP contribution >= 0.6 is 0 Å². The van der Waals surface area contributed by atoms with Crippen molar-refractivity contribution in [1.82, 2.24) is 10.2 Å². The Morgan fingerprint density at radius 2 is 1.86 bits per heavy atom. The lowest BCUT2D eigenvalue weighted by molar-refractivity contribution is -0.137. The van der Waals surface area contributed by atoms with Crippen molar-refractivity contribution in [2.45, 2.75) is 76.5 Å². The van der Waals surface area contributed by atoms with E-state index in [1.807, 2.05) is 6.92 Å². The number of nitrogens with one attached hydrogen (secondary N) is 1. The van der Waals surface area contributed by atoms with E-state index in [1.54, 1.807) is 0 Å². The van der Waals surface area contributed by atoms with Crippen LogP contribution < -0.4 is 5.32 Å². The third-order valence-corrected chi connectivity index (χ3v) is 5.60. The molecule has 21 heavy (non-hydrogen) atoms. The van der Waals surface area contributed by atoms with Crippen LogP contribution in [0, 0.1) is 5.92 Å². The van der Waals surface area contributed by atoms with Gasteiger partial charge >= 0.3 is 0 Å². The normalized spacial score (nSPS) is 34.5. The lowest BCUT2D eigenvalue weighted by Crippen LogP contribution is -2.56. The number of ether oxygens (including phenoxy) is 1. The number of rotatable bonds is 3. The summed E-state index contributed by atoms with van der Waals surface area (Å²) in [6.07, 6.45) is 9.97. The Bertz CT molecular complexity index is 353. The molecule has 3 unspecified atom stereocenters. The summed E-state index contributed by atoms with van der Waals surface area (Å²) < 4.78 is 5.67. The lowest BCUT2D eigenvalue weighted by Gasteiger charge is -2.42. The Morgan fingerprint density at radius 1 is 1.10 bits per heavy atom. The molecule has 120 valence electrons. The predicted octanol–water partition coefficient (Wildman–Crippen LogP) is 2.32. The van der Waals surface area contributed by atoms with Gasteiger partial charge < -0.3 is 15.0 Å². The highest BCUT2D eigenvalue weighted by atomic mass is 16.5. The number of likely N-dealkylation sites (tertiary alicyclic amines) is 1. The molecule has 0 spiro atoms. The van der Waals surface area contributed by atoms with Gasteiger partial charge in [0, 0.05) is 25.7 Å². The largest absolute Gasteiger partial charge is 0.378 e. The second-order valence-electron chi connectivity index (χ2n) is 6.93. The van der Waals surface area contributed by atoms with Crippen LogP contribution in [-0.2, 0) is 9.53 Å². The average Bonchev–Trinajstić information content (AvgIpc) is 2.55. The first-order valence-electron chi connectivity index (χ1n) is 8.94. The first-order chi connectivity index (χ1) is 10.3. The first-order valence-corrected chi connectivity index (χ1v) is 8.94. The quantitative estimate of drug-likeness (QED) is 0.868. The van der Waals surface area contributed by atoms with E-state index >= 15 is 0 Å². The second-order valence-corrected chi connectivity index (χ2v) is 6.93. The molecule has 0 aromatic rings. The molecular weight excluding hydrogens is 264 g/mol. The Hall–Kier alpha value is -0.610. The number of hydrogen-bond acceptors (Lipinski definition) is 3. The molecule has 0 radical (unpaired) electrons. The van der Waals surface area contributed by atoms with Crippen LogP contribution in [0.1, 0.15) is 58.3 Å². The fourth-order valence-corrected chi connectivity index (χ4v) is 4.39. The topological polar surface area (TPSA) is 41.6 Å². The zero-order valence-electron chi connectivity index (χ0n) is 13.4. The van der Waals surface area contributed by atoms with Crippen LogP contribution in [-0.4, -0.2) is 48.7 Å². The molecular formula is C17H30N2O2. The van der Waals surface area contributed by atoms with E-state index in [9.17, 15) is 4.79 Å². The summed E-state index contributed by atoms with van der Waals surface area (Å²) in [6, 6.07) is 0.676. The van der Waals surface area contributed by atoms with Crippen LogP contribution in [0.25, 0.3) is 0 Å². The maximum atomic E-state index is 12.7. The minimum absolute atomic E-state index is 0.0768. The predicted molar refractivity (Wildman–Crippen MR) is 83.1 cm³/mol. The molecule has 0 bridgehead atoms. The van der Waals surface area contributed by atoms with Crippen molar-refractivity contribution in [1.29, 1.82) is 0 Å². The number of nitrogens with zero attached hydrogens (tertiary/aromatic N) is 1. The van der Waals surface area contributed by atoms with Crippen molar-refractivity contribution in [3.05, 3.63) is 0 Å². The standard InChI is InChI=1S/C17H30N2O2/c1-2-21-14-9-11-19(12-10-14)17(20)16-8-7-13-5-3-4-6-15(13)18-16/h13-16,18H,2-12H2,1H3. The summed E-state index contributed by atoms with van der Waals surface area (Å²) in [6.45, 7) is 4.57. The molecule has 2 saturated heterocycles. The molecule has 1 N–H and O–H groups in total. The summed E-state index contributed by atoms with van der Waals surface area (Å²) in [4.78, 5) is 14.8. The molecule has 0 aromatic heterocycles. The highest BCUT2D eigenvalue weighted by Crippen LogP contribution is 2.32. The summed E-state index contributed by atoms with van der Waals surface area (Å²) in [7, 11) is 0. The Morgan fingerprint density at radius 3 is 2.62 bits per heavy atom. The van der Waals surface area contributed by atoms with Gasteiger partial charge in [-0.15, -0.1) is 0 Å². The Labute approximate surface area is 128 Å². The summed E-state index contributed by atoms with van der Waals surface area (Å²) >= 11 is 0. The van der Waals surface area contributed by atoms with E-state index in [-0.39, 0.29) is 6.04 Å². The summed E-state index contributed by atoms with van der Waals surface area (Å²) in [5.41, 5.74) is 0. The van der Waals surface area contributed by atoms with Crippen LogP contribution in [0.4, 0.5) is 0 Å². The first kappa shape index (κ1) is 15.3. The van der Waals surface area contributed by atoms with Crippen molar-refractivity contribution in [2.24, 2.45) is 5.92 Å². The smallest absolute Gasteiger partial charge is 0.239 e. The fourth-order valence-electron chi connectivity index (χ4n) is 4.39. The third kappa shape index (κ3) is 3.59. The Balaban J connectivity index is 1.49. The van der Waals surface area contributed by atoms with Crippen LogP contribution in [0.5, 0.6) is 0 Å². The molecule has 3 rings (SSSR count). The highest BCUT2D eigenvalue weighted by molar-refractivity contribution is 5.82. The Kier molecular flexibility index (Phi) is 5.17. The molecule has 2 heterocycles. The highest BCUT2D eigenvalue weighted by Gasteiger charge is 2.36. The molecule has 1 amide bonds. The van der Waals surface area contributed by atoms with Gasteiger partial charge in [0.1, 0.15) is 0 Å². The van der Waals surface area contributed by atoms with Gasteiger partial charge in [0.05, 0.1) is 12.1 Å². The fraction of sp³-hybridized carbons (Fsp3) is 0.941. The number of piperidine rings is 2. The van der Waals surface area contributed by atoms with E-state index in [4.69, 9.17) is 4.74 Å². The SMILES string of the molecule is CCOC1CCN(C(=O)C2CCC3CCCCC3N2)CC1. The third-order valence-electron chi connectivity index (χ3n) is 5.60. The molecule has 3 fully saturated rings. The van der Waals surface area contributed by atoms with Gasteiger partial charge in [-0.2, -0.15) is 0 Å². The summed E-state index contributed by atoms with van der Waals surface area (Å²) in [5, 5.41) is 3.67.